The zero-order valence-corrected chi connectivity index (χ0v) is 16.9. The number of fused-ring (bicyclic) bond motifs is 1. The zero-order valence-electron chi connectivity index (χ0n) is 16.9. The molecule has 0 unspecified atom stereocenters. The molecule has 2 aliphatic rings. The van der Waals surface area contributed by atoms with E-state index in [1.54, 1.807) is 6.08 Å². The van der Waals surface area contributed by atoms with Crippen LogP contribution in [0.25, 0.3) is 6.08 Å². The predicted octanol–water partition coefficient (Wildman–Crippen LogP) is 2.33. The van der Waals surface area contributed by atoms with Gasteiger partial charge in [0, 0.05) is 63.5 Å². The Morgan fingerprint density at radius 1 is 1.21 bits per heavy atom. The van der Waals surface area contributed by atoms with Crippen molar-refractivity contribution in [2.45, 2.75) is 26.8 Å². The van der Waals surface area contributed by atoms with Gasteiger partial charge in [0.05, 0.1) is 12.3 Å². The Bertz CT molecular complexity index is 908. The summed E-state index contributed by atoms with van der Waals surface area (Å²) in [5.41, 5.74) is 5.71. The largest absolute Gasteiger partial charge is 0.493 e. The van der Waals surface area contributed by atoms with Crippen molar-refractivity contribution in [1.82, 2.24) is 19.6 Å². The molecule has 2 aromatic rings. The lowest BCUT2D eigenvalue weighted by molar-refractivity contribution is -0.127. The second-order valence-electron chi connectivity index (χ2n) is 7.68. The average molecular weight is 380 g/mol. The van der Waals surface area contributed by atoms with Gasteiger partial charge in [-0.05, 0) is 37.1 Å². The van der Waals surface area contributed by atoms with Crippen LogP contribution in [0.2, 0.25) is 0 Å². The van der Waals surface area contributed by atoms with Crippen LogP contribution in [0.5, 0.6) is 5.75 Å². The lowest BCUT2D eigenvalue weighted by Gasteiger charge is -2.34. The molecule has 6 heteroatoms. The van der Waals surface area contributed by atoms with Crippen LogP contribution < -0.4 is 4.74 Å². The average Bonchev–Trinajstić information content (AvgIpc) is 3.25. The number of benzene rings is 1. The van der Waals surface area contributed by atoms with E-state index in [0.717, 1.165) is 68.5 Å². The number of ether oxygens (including phenoxy) is 1. The molecule has 148 valence electrons. The molecule has 2 aliphatic heterocycles. The topological polar surface area (TPSA) is 50.6 Å². The molecular weight excluding hydrogens is 352 g/mol. The summed E-state index contributed by atoms with van der Waals surface area (Å²) in [6.45, 7) is 9.06. The number of nitrogens with zero attached hydrogens (tertiary/aromatic N) is 4. The molecule has 0 atom stereocenters. The number of carbonyl (C=O) groups is 1. The van der Waals surface area contributed by atoms with Crippen LogP contribution in [0.15, 0.2) is 24.3 Å². The van der Waals surface area contributed by atoms with Gasteiger partial charge in [-0.3, -0.25) is 14.4 Å². The summed E-state index contributed by atoms with van der Waals surface area (Å²) in [7, 11) is 1.93. The molecule has 0 saturated carbocycles. The normalized spacial score (nSPS) is 17.2. The Hall–Kier alpha value is -2.60. The highest BCUT2D eigenvalue weighted by Crippen LogP contribution is 2.26. The van der Waals surface area contributed by atoms with Gasteiger partial charge in [-0.15, -0.1) is 0 Å². The number of rotatable bonds is 4. The predicted molar refractivity (Wildman–Crippen MR) is 109 cm³/mol. The molecule has 0 radical (unpaired) electrons. The van der Waals surface area contributed by atoms with E-state index in [9.17, 15) is 4.79 Å². The molecule has 3 heterocycles. The number of carbonyl (C=O) groups excluding carboxylic acids is 1. The maximum Gasteiger partial charge on any atom is 0.246 e. The van der Waals surface area contributed by atoms with Crippen molar-refractivity contribution in [1.29, 1.82) is 0 Å². The van der Waals surface area contributed by atoms with E-state index in [0.29, 0.717) is 0 Å². The number of hydrogen-bond donors (Lipinski definition) is 0. The molecule has 0 N–H and O–H groups in total. The van der Waals surface area contributed by atoms with Crippen molar-refractivity contribution >= 4 is 12.0 Å². The molecule has 6 nitrogen and oxygen atoms in total. The summed E-state index contributed by atoms with van der Waals surface area (Å²) >= 11 is 0. The lowest BCUT2D eigenvalue weighted by atomic mass is 10.1. The highest BCUT2D eigenvalue weighted by Gasteiger charge is 2.21. The number of aromatic nitrogens is 2. The van der Waals surface area contributed by atoms with E-state index in [1.807, 2.05) is 36.6 Å². The molecule has 0 spiro atoms. The second kappa shape index (κ2) is 7.80. The zero-order chi connectivity index (χ0) is 19.7. The number of aryl methyl sites for hydroxylation is 2. The Kier molecular flexibility index (Phi) is 5.22. The van der Waals surface area contributed by atoms with Gasteiger partial charge in [0.25, 0.3) is 0 Å². The van der Waals surface area contributed by atoms with Crippen molar-refractivity contribution in [3.8, 4) is 5.75 Å². The van der Waals surface area contributed by atoms with E-state index < -0.39 is 0 Å². The van der Waals surface area contributed by atoms with E-state index in [2.05, 4.69) is 28.2 Å². The number of hydrogen-bond acceptors (Lipinski definition) is 4. The fourth-order valence-corrected chi connectivity index (χ4v) is 4.01. The summed E-state index contributed by atoms with van der Waals surface area (Å²) in [6.07, 6.45) is 4.60. The molecule has 0 bridgehead atoms. The summed E-state index contributed by atoms with van der Waals surface area (Å²) in [4.78, 5) is 16.9. The first-order valence-corrected chi connectivity index (χ1v) is 9.95. The van der Waals surface area contributed by atoms with Gasteiger partial charge in [0.15, 0.2) is 0 Å². The van der Waals surface area contributed by atoms with Crippen LogP contribution in [-0.2, 0) is 24.8 Å². The van der Waals surface area contributed by atoms with Gasteiger partial charge in [0.2, 0.25) is 5.91 Å². The molecule has 0 aliphatic carbocycles. The minimum Gasteiger partial charge on any atom is -0.493 e. The Balaban J connectivity index is 1.31. The standard InChI is InChI=1S/C22H28N4O2/c1-16-20(17(2)24(3)23-16)5-7-22(27)26-11-9-25(10-12-26)15-18-4-6-21-19(14-18)8-13-28-21/h4-7,14H,8-13,15H2,1-3H3/b7-5+. The third kappa shape index (κ3) is 3.83. The van der Waals surface area contributed by atoms with Gasteiger partial charge in [-0.2, -0.15) is 5.10 Å². The van der Waals surface area contributed by atoms with Gasteiger partial charge < -0.3 is 9.64 Å². The van der Waals surface area contributed by atoms with Crippen LogP contribution in [0.3, 0.4) is 0 Å². The van der Waals surface area contributed by atoms with Crippen LogP contribution in [0, 0.1) is 13.8 Å². The van der Waals surface area contributed by atoms with Crippen LogP contribution in [0.4, 0.5) is 0 Å². The highest BCUT2D eigenvalue weighted by molar-refractivity contribution is 5.92. The molecule has 1 aromatic carbocycles. The molecule has 1 aromatic heterocycles. The molecule has 1 amide bonds. The van der Waals surface area contributed by atoms with Crippen molar-refractivity contribution in [2.24, 2.45) is 7.05 Å². The summed E-state index contributed by atoms with van der Waals surface area (Å²) < 4.78 is 7.44. The van der Waals surface area contributed by atoms with Gasteiger partial charge in [0.1, 0.15) is 5.75 Å². The summed E-state index contributed by atoms with van der Waals surface area (Å²) in [5, 5.41) is 4.40. The molecule has 4 rings (SSSR count). The Morgan fingerprint density at radius 3 is 2.71 bits per heavy atom. The maximum absolute atomic E-state index is 12.6. The Morgan fingerprint density at radius 2 is 2.00 bits per heavy atom. The van der Waals surface area contributed by atoms with E-state index in [1.165, 1.54) is 11.1 Å². The minimum atomic E-state index is 0.0805. The van der Waals surface area contributed by atoms with E-state index in [-0.39, 0.29) is 5.91 Å². The quantitative estimate of drug-likeness (QED) is 0.764. The minimum absolute atomic E-state index is 0.0805. The lowest BCUT2D eigenvalue weighted by Crippen LogP contribution is -2.47. The van der Waals surface area contributed by atoms with Crippen LogP contribution in [-0.4, -0.2) is 58.3 Å². The molecule has 28 heavy (non-hydrogen) atoms. The molecular formula is C22H28N4O2. The molecule has 1 saturated heterocycles. The SMILES string of the molecule is Cc1nn(C)c(C)c1/C=C/C(=O)N1CCN(Cc2ccc3c(c2)CCO3)CC1. The first-order chi connectivity index (χ1) is 13.5. The van der Waals surface area contributed by atoms with Crippen molar-refractivity contribution < 1.29 is 9.53 Å². The fourth-order valence-electron chi connectivity index (χ4n) is 4.01. The third-order valence-electron chi connectivity index (χ3n) is 5.80. The van der Waals surface area contributed by atoms with Crippen molar-refractivity contribution in [2.75, 3.05) is 32.8 Å². The second-order valence-corrected chi connectivity index (χ2v) is 7.68. The van der Waals surface area contributed by atoms with Crippen LogP contribution in [0.1, 0.15) is 28.1 Å². The summed E-state index contributed by atoms with van der Waals surface area (Å²) in [6, 6.07) is 6.51. The third-order valence-corrected chi connectivity index (χ3v) is 5.80. The molecule has 1 fully saturated rings. The van der Waals surface area contributed by atoms with Crippen LogP contribution >= 0.6 is 0 Å². The van der Waals surface area contributed by atoms with Crippen molar-refractivity contribution in [3.63, 3.8) is 0 Å². The van der Waals surface area contributed by atoms with E-state index >= 15 is 0 Å². The first kappa shape index (κ1) is 18.7. The van der Waals surface area contributed by atoms with Gasteiger partial charge >= 0.3 is 0 Å². The van der Waals surface area contributed by atoms with Crippen molar-refractivity contribution in [3.05, 3.63) is 52.4 Å². The number of piperazine rings is 1. The van der Waals surface area contributed by atoms with Gasteiger partial charge in [-0.1, -0.05) is 12.1 Å². The van der Waals surface area contributed by atoms with E-state index in [4.69, 9.17) is 4.74 Å². The maximum atomic E-state index is 12.6. The highest BCUT2D eigenvalue weighted by atomic mass is 16.5. The summed E-state index contributed by atoms with van der Waals surface area (Å²) in [5.74, 6) is 1.11. The first-order valence-electron chi connectivity index (χ1n) is 9.95. The smallest absolute Gasteiger partial charge is 0.246 e. The monoisotopic (exact) mass is 380 g/mol. The number of amides is 1. The van der Waals surface area contributed by atoms with Gasteiger partial charge in [-0.25, -0.2) is 0 Å². The fraction of sp³-hybridized carbons (Fsp3) is 0.455. The Labute approximate surface area is 166 Å².